The molecule has 8 nitrogen and oxygen atoms in total. The van der Waals surface area contributed by atoms with Crippen LogP contribution in [-0.4, -0.2) is 33.6 Å². The normalized spacial score (nSPS) is 20.4. The lowest BCUT2D eigenvalue weighted by atomic mass is 9.77. The number of aromatic nitrogens is 2. The van der Waals surface area contributed by atoms with E-state index in [1.54, 1.807) is 17.8 Å². The zero-order valence-electron chi connectivity index (χ0n) is 19.0. The average Bonchev–Trinajstić information content (AvgIpc) is 3.43. The summed E-state index contributed by atoms with van der Waals surface area (Å²) in [5.41, 5.74) is 15.5. The Labute approximate surface area is 200 Å². The van der Waals surface area contributed by atoms with Crippen molar-refractivity contribution in [2.45, 2.75) is 18.4 Å². The number of carbonyl (C=O) groups is 1. The van der Waals surface area contributed by atoms with Gasteiger partial charge in [0.2, 0.25) is 5.91 Å². The molecule has 2 aromatic heterocycles. The monoisotopic (exact) mass is 469 g/mol. The Kier molecular flexibility index (Phi) is 4.92. The van der Waals surface area contributed by atoms with Crippen LogP contribution in [0, 0.1) is 11.3 Å². The van der Waals surface area contributed by atoms with Crippen LogP contribution >= 0.6 is 11.3 Å². The van der Waals surface area contributed by atoms with Gasteiger partial charge in [-0.15, -0.1) is 11.3 Å². The van der Waals surface area contributed by atoms with Gasteiger partial charge in [0.1, 0.15) is 5.54 Å². The molecule has 0 saturated heterocycles. The van der Waals surface area contributed by atoms with Gasteiger partial charge in [-0.05, 0) is 59.3 Å². The van der Waals surface area contributed by atoms with Gasteiger partial charge in [-0.1, -0.05) is 18.2 Å². The summed E-state index contributed by atoms with van der Waals surface area (Å²) >= 11 is 1.52. The molecule has 9 heteroatoms. The fourth-order valence-electron chi connectivity index (χ4n) is 4.59. The Balaban J connectivity index is 1.66. The highest BCUT2D eigenvalue weighted by atomic mass is 32.1. The smallest absolute Gasteiger partial charge is 0.239 e. The molecule has 0 bridgehead atoms. The van der Waals surface area contributed by atoms with Crippen molar-refractivity contribution in [1.82, 2.24) is 14.7 Å². The van der Waals surface area contributed by atoms with Gasteiger partial charge >= 0.3 is 0 Å². The lowest BCUT2D eigenvalue weighted by Crippen LogP contribution is -2.52. The van der Waals surface area contributed by atoms with Crippen molar-refractivity contribution >= 4 is 39.9 Å². The van der Waals surface area contributed by atoms with Crippen molar-refractivity contribution < 1.29 is 4.79 Å². The van der Waals surface area contributed by atoms with Gasteiger partial charge in [-0.2, -0.15) is 10.4 Å². The number of benzene rings is 2. The molecule has 1 aliphatic rings. The first-order valence-corrected chi connectivity index (χ1v) is 11.6. The predicted molar refractivity (Wildman–Crippen MR) is 134 cm³/mol. The molecule has 170 valence electrons. The SMILES string of the molecule is CN1C(=O)[C@@H](c2ccc3c(N)nn(C)c3c2)[C@@](C)(c2cc(-c3cccc(C#N)c3)cs2)N=C1N. The fourth-order valence-corrected chi connectivity index (χ4v) is 5.65. The standard InChI is InChI=1S/C25H23N7OS/c1-25(20-11-17(13-34-20)15-6-4-5-14(9-15)12-26)21(23(33)31(2)24(28)29-25)16-7-8-18-19(10-16)32(3)30-22(18)27/h4-11,13,21H,1-3H3,(H2,27,30)(H2,28,29)/t21-,25-/m1/s1. The van der Waals surface area contributed by atoms with Crippen molar-refractivity contribution in [1.29, 1.82) is 5.26 Å². The molecule has 0 unspecified atom stereocenters. The number of rotatable bonds is 3. The second-order valence-corrected chi connectivity index (χ2v) is 9.54. The zero-order chi connectivity index (χ0) is 24.2. The summed E-state index contributed by atoms with van der Waals surface area (Å²) in [4.78, 5) is 20.7. The lowest BCUT2D eigenvalue weighted by Gasteiger charge is -2.40. The maximum Gasteiger partial charge on any atom is 0.239 e. The first-order chi connectivity index (χ1) is 16.2. The van der Waals surface area contributed by atoms with Crippen LogP contribution in [0.15, 0.2) is 58.9 Å². The molecule has 0 radical (unpaired) electrons. The Bertz CT molecular complexity index is 1530. The molecule has 2 atom stereocenters. The molecule has 0 saturated carbocycles. The van der Waals surface area contributed by atoms with E-state index in [2.05, 4.69) is 11.2 Å². The number of anilines is 1. The van der Waals surface area contributed by atoms with Gasteiger partial charge in [0.15, 0.2) is 11.8 Å². The molecule has 2 aromatic carbocycles. The number of nitrogens with two attached hydrogens (primary N) is 2. The number of hydrogen-bond acceptors (Lipinski definition) is 7. The summed E-state index contributed by atoms with van der Waals surface area (Å²) in [5, 5.41) is 16.4. The number of fused-ring (bicyclic) bond motifs is 1. The first kappa shape index (κ1) is 21.7. The van der Waals surface area contributed by atoms with E-state index in [1.807, 2.05) is 61.8 Å². The van der Waals surface area contributed by atoms with E-state index in [0.717, 1.165) is 32.5 Å². The highest BCUT2D eigenvalue weighted by molar-refractivity contribution is 7.10. The van der Waals surface area contributed by atoms with E-state index in [4.69, 9.17) is 16.5 Å². The lowest BCUT2D eigenvalue weighted by molar-refractivity contribution is -0.130. The number of nitrogen functional groups attached to an aromatic ring is 1. The minimum atomic E-state index is -0.915. The van der Waals surface area contributed by atoms with Crippen LogP contribution in [0.5, 0.6) is 0 Å². The number of carbonyl (C=O) groups excluding carboxylic acids is 1. The topological polar surface area (TPSA) is 126 Å². The number of nitriles is 1. The summed E-state index contributed by atoms with van der Waals surface area (Å²) < 4.78 is 1.71. The van der Waals surface area contributed by atoms with Crippen LogP contribution in [0.2, 0.25) is 0 Å². The summed E-state index contributed by atoms with van der Waals surface area (Å²) in [5.74, 6) is -0.104. The van der Waals surface area contributed by atoms with Crippen molar-refractivity contribution in [3.8, 4) is 17.2 Å². The molecule has 3 heterocycles. The van der Waals surface area contributed by atoms with Crippen molar-refractivity contribution in [3.05, 3.63) is 69.9 Å². The average molecular weight is 470 g/mol. The second kappa shape index (κ2) is 7.71. The molecular formula is C25H23N7OS. The van der Waals surface area contributed by atoms with Crippen LogP contribution in [0.25, 0.3) is 22.0 Å². The minimum absolute atomic E-state index is 0.133. The van der Waals surface area contributed by atoms with E-state index >= 15 is 0 Å². The summed E-state index contributed by atoms with van der Waals surface area (Å²) in [6.07, 6.45) is 0. The number of amides is 1. The quantitative estimate of drug-likeness (QED) is 0.475. The van der Waals surface area contributed by atoms with Gasteiger partial charge in [0.25, 0.3) is 0 Å². The van der Waals surface area contributed by atoms with Gasteiger partial charge in [-0.3, -0.25) is 14.4 Å². The van der Waals surface area contributed by atoms with Crippen LogP contribution in [0.1, 0.15) is 28.8 Å². The van der Waals surface area contributed by atoms with Crippen molar-refractivity contribution in [3.63, 3.8) is 0 Å². The Morgan fingerprint density at radius 3 is 2.68 bits per heavy atom. The Morgan fingerprint density at radius 1 is 1.12 bits per heavy atom. The molecular weight excluding hydrogens is 446 g/mol. The molecule has 0 aliphatic carbocycles. The minimum Gasteiger partial charge on any atom is -0.382 e. The van der Waals surface area contributed by atoms with E-state index in [0.29, 0.717) is 11.4 Å². The molecule has 1 aliphatic heterocycles. The third-order valence-corrected chi connectivity index (χ3v) is 7.65. The number of guanidine groups is 1. The van der Waals surface area contributed by atoms with E-state index < -0.39 is 11.5 Å². The second-order valence-electron chi connectivity index (χ2n) is 8.63. The molecule has 0 fully saturated rings. The fraction of sp³-hybridized carbons (Fsp3) is 0.200. The molecule has 0 spiro atoms. The van der Waals surface area contributed by atoms with Crippen LogP contribution < -0.4 is 11.5 Å². The molecule has 4 aromatic rings. The van der Waals surface area contributed by atoms with E-state index in [1.165, 1.54) is 16.2 Å². The summed E-state index contributed by atoms with van der Waals surface area (Å²) in [6.45, 7) is 1.94. The van der Waals surface area contributed by atoms with Crippen LogP contribution in [-0.2, 0) is 17.4 Å². The Morgan fingerprint density at radius 2 is 1.91 bits per heavy atom. The zero-order valence-corrected chi connectivity index (χ0v) is 19.8. The molecule has 1 amide bonds. The molecule has 4 N–H and O–H groups in total. The first-order valence-electron chi connectivity index (χ1n) is 10.7. The van der Waals surface area contributed by atoms with Gasteiger partial charge in [0.05, 0.1) is 23.1 Å². The van der Waals surface area contributed by atoms with Crippen molar-refractivity contribution in [2.24, 2.45) is 17.8 Å². The number of aliphatic imine (C=N–C) groups is 1. The summed E-state index contributed by atoms with van der Waals surface area (Å²) in [6, 6.07) is 17.4. The molecule has 34 heavy (non-hydrogen) atoms. The van der Waals surface area contributed by atoms with E-state index in [9.17, 15) is 10.1 Å². The third kappa shape index (κ3) is 3.23. The van der Waals surface area contributed by atoms with Gasteiger partial charge in [-0.25, -0.2) is 4.99 Å². The number of nitrogens with zero attached hydrogens (tertiary/aromatic N) is 5. The predicted octanol–water partition coefficient (Wildman–Crippen LogP) is 3.54. The Hall–Kier alpha value is -4.16. The highest BCUT2D eigenvalue weighted by Gasteiger charge is 2.48. The van der Waals surface area contributed by atoms with Gasteiger partial charge in [0, 0.05) is 24.4 Å². The maximum absolute atomic E-state index is 13.6. The largest absolute Gasteiger partial charge is 0.382 e. The highest BCUT2D eigenvalue weighted by Crippen LogP contribution is 2.47. The number of likely N-dealkylation sites (N-methyl/N-ethyl adjacent to an activating group) is 1. The number of hydrogen-bond donors (Lipinski definition) is 2. The van der Waals surface area contributed by atoms with Gasteiger partial charge < -0.3 is 11.5 Å². The molecule has 5 rings (SSSR count). The number of aryl methyl sites for hydroxylation is 1. The van der Waals surface area contributed by atoms with Crippen LogP contribution in [0.3, 0.4) is 0 Å². The van der Waals surface area contributed by atoms with Crippen LogP contribution in [0.4, 0.5) is 5.82 Å². The summed E-state index contributed by atoms with van der Waals surface area (Å²) in [7, 11) is 3.47. The maximum atomic E-state index is 13.6. The van der Waals surface area contributed by atoms with Crippen molar-refractivity contribution in [2.75, 3.05) is 12.8 Å². The number of thiophene rings is 1. The third-order valence-electron chi connectivity index (χ3n) is 6.49. The van der Waals surface area contributed by atoms with E-state index in [-0.39, 0.29) is 11.9 Å².